The van der Waals surface area contributed by atoms with E-state index < -0.39 is 0 Å². The smallest absolute Gasteiger partial charge is 0.171 e. The van der Waals surface area contributed by atoms with E-state index in [1.54, 1.807) is 0 Å². The number of aryl methyl sites for hydroxylation is 2. The molecule has 0 saturated heterocycles. The van der Waals surface area contributed by atoms with Crippen molar-refractivity contribution in [3.8, 4) is 0 Å². The molecule has 0 bridgehead atoms. The van der Waals surface area contributed by atoms with Crippen LogP contribution in [0.15, 0.2) is 24.5 Å². The zero-order valence-corrected chi connectivity index (χ0v) is 22.9. The van der Waals surface area contributed by atoms with Gasteiger partial charge >= 0.3 is 0 Å². The number of nitrogens with zero attached hydrogens (tertiary/aromatic N) is 1. The first kappa shape index (κ1) is 30.2. The highest BCUT2D eigenvalue weighted by atomic mass is 14.9. The molecular formula is C32H60N+. The molecule has 192 valence electrons. The Hall–Kier alpha value is -0.850. The van der Waals surface area contributed by atoms with Crippen LogP contribution in [-0.4, -0.2) is 0 Å². The van der Waals surface area contributed by atoms with Crippen LogP contribution in [0.25, 0.3) is 0 Å². The summed E-state index contributed by atoms with van der Waals surface area (Å²) in [6.07, 6.45) is 38.8. The van der Waals surface area contributed by atoms with Crippen molar-refractivity contribution in [1.82, 2.24) is 0 Å². The van der Waals surface area contributed by atoms with E-state index in [0.717, 1.165) is 0 Å². The Kier molecular flexibility index (Phi) is 22.2. The van der Waals surface area contributed by atoms with Gasteiger partial charge in [0.2, 0.25) is 0 Å². The van der Waals surface area contributed by atoms with Crippen LogP contribution in [0.2, 0.25) is 0 Å². The number of aromatic nitrogens is 1. The molecule has 0 atom stereocenters. The Morgan fingerprint density at radius 1 is 0.485 bits per heavy atom. The van der Waals surface area contributed by atoms with E-state index in [0.29, 0.717) is 0 Å². The fraction of sp³-hybridized carbons (Fsp3) is 0.844. The first-order valence-electron chi connectivity index (χ1n) is 15.3. The maximum absolute atomic E-state index is 2.42. The van der Waals surface area contributed by atoms with Crippen LogP contribution in [0.5, 0.6) is 0 Å². The summed E-state index contributed by atoms with van der Waals surface area (Å²) >= 11 is 0. The molecule has 0 aromatic carbocycles. The lowest BCUT2D eigenvalue weighted by molar-refractivity contribution is -0.697. The average Bonchev–Trinajstić information content (AvgIpc) is 2.83. The van der Waals surface area contributed by atoms with Gasteiger partial charge in [0.25, 0.3) is 0 Å². The van der Waals surface area contributed by atoms with Gasteiger partial charge in [0.05, 0.1) is 0 Å². The third kappa shape index (κ3) is 20.3. The van der Waals surface area contributed by atoms with Crippen LogP contribution in [0.4, 0.5) is 0 Å². The van der Waals surface area contributed by atoms with Crippen LogP contribution < -0.4 is 4.57 Å². The molecular weight excluding hydrogens is 398 g/mol. The Bertz CT molecular complexity index is 509. The van der Waals surface area contributed by atoms with Gasteiger partial charge in [-0.15, -0.1) is 0 Å². The van der Waals surface area contributed by atoms with Gasteiger partial charge in [-0.1, -0.05) is 142 Å². The van der Waals surface area contributed by atoms with E-state index in [9.17, 15) is 0 Å². The summed E-state index contributed by atoms with van der Waals surface area (Å²) in [6, 6.07) is 4.58. The van der Waals surface area contributed by atoms with Crippen LogP contribution in [-0.2, 0) is 13.0 Å². The highest BCUT2D eigenvalue weighted by molar-refractivity contribution is 5.05. The highest BCUT2D eigenvalue weighted by Crippen LogP contribution is 2.14. The lowest BCUT2D eigenvalue weighted by atomic mass is 10.0. The number of rotatable bonds is 25. The van der Waals surface area contributed by atoms with Gasteiger partial charge in [-0.25, -0.2) is 4.57 Å². The van der Waals surface area contributed by atoms with E-state index in [2.05, 4.69) is 42.9 Å². The summed E-state index contributed by atoms with van der Waals surface area (Å²) in [5.41, 5.74) is 1.53. The number of unbranched alkanes of at least 4 members (excludes halogenated alkanes) is 21. The van der Waals surface area contributed by atoms with E-state index >= 15 is 0 Å². The second-order valence-electron chi connectivity index (χ2n) is 10.6. The molecule has 1 aromatic rings. The van der Waals surface area contributed by atoms with Gasteiger partial charge in [-0.05, 0) is 25.3 Å². The summed E-state index contributed by atoms with van der Waals surface area (Å²) in [5.74, 6) is 0. The van der Waals surface area contributed by atoms with Crippen molar-refractivity contribution in [3.63, 3.8) is 0 Å². The normalized spacial score (nSPS) is 11.3. The monoisotopic (exact) mass is 458 g/mol. The van der Waals surface area contributed by atoms with Crippen molar-refractivity contribution in [2.45, 2.75) is 174 Å². The molecule has 0 aliphatic rings. The SMILES string of the molecule is CCCCCCCCCCCCCCCCCCc1ccc[n+](CCCCCCCCC)c1. The summed E-state index contributed by atoms with van der Waals surface area (Å²) in [7, 11) is 0. The van der Waals surface area contributed by atoms with Crippen molar-refractivity contribution in [2.75, 3.05) is 0 Å². The minimum Gasteiger partial charge on any atom is -0.205 e. The van der Waals surface area contributed by atoms with Crippen LogP contribution in [0.1, 0.15) is 167 Å². The van der Waals surface area contributed by atoms with Gasteiger partial charge in [0.15, 0.2) is 12.4 Å². The van der Waals surface area contributed by atoms with Crippen molar-refractivity contribution >= 4 is 0 Å². The quantitative estimate of drug-likeness (QED) is 0.101. The van der Waals surface area contributed by atoms with Crippen molar-refractivity contribution in [1.29, 1.82) is 0 Å². The Balaban J connectivity index is 1.88. The zero-order chi connectivity index (χ0) is 23.7. The van der Waals surface area contributed by atoms with Crippen molar-refractivity contribution in [2.24, 2.45) is 0 Å². The Labute approximate surface area is 209 Å². The van der Waals surface area contributed by atoms with Gasteiger partial charge in [0.1, 0.15) is 6.54 Å². The van der Waals surface area contributed by atoms with E-state index in [-0.39, 0.29) is 0 Å². The van der Waals surface area contributed by atoms with Gasteiger partial charge < -0.3 is 0 Å². The maximum atomic E-state index is 2.42. The number of hydrogen-bond acceptors (Lipinski definition) is 0. The molecule has 1 heterocycles. The number of hydrogen-bond donors (Lipinski definition) is 0. The summed E-state index contributed by atoms with van der Waals surface area (Å²) in [6.45, 7) is 5.79. The molecule has 33 heavy (non-hydrogen) atoms. The topological polar surface area (TPSA) is 3.88 Å². The molecule has 0 unspecified atom stereocenters. The van der Waals surface area contributed by atoms with Gasteiger partial charge in [-0.2, -0.15) is 0 Å². The number of pyridine rings is 1. The third-order valence-corrected chi connectivity index (χ3v) is 7.26. The first-order valence-corrected chi connectivity index (χ1v) is 15.3. The molecule has 0 fully saturated rings. The molecule has 0 spiro atoms. The summed E-state index contributed by atoms with van der Waals surface area (Å²) in [5, 5.41) is 0. The largest absolute Gasteiger partial charge is 0.205 e. The molecule has 1 heteroatoms. The third-order valence-electron chi connectivity index (χ3n) is 7.26. The minimum absolute atomic E-state index is 1.20. The van der Waals surface area contributed by atoms with Crippen molar-refractivity contribution in [3.05, 3.63) is 30.1 Å². The standard InChI is InChI=1S/C32H60N/c1-3-5-7-9-11-12-13-14-15-16-17-18-19-20-22-24-27-32-28-26-30-33(31-32)29-25-23-21-10-8-6-4-2/h26,28,30-31H,3-25,27,29H2,1-2H3/q+1. The van der Waals surface area contributed by atoms with E-state index in [1.165, 1.54) is 166 Å². The lowest BCUT2D eigenvalue weighted by Crippen LogP contribution is -2.33. The first-order chi connectivity index (χ1) is 16.4. The van der Waals surface area contributed by atoms with E-state index in [1.807, 2.05) is 0 Å². The molecule has 1 aromatic heterocycles. The molecule has 1 rings (SSSR count). The molecule has 0 aliphatic heterocycles. The molecule has 1 nitrogen and oxygen atoms in total. The molecule has 0 amide bonds. The van der Waals surface area contributed by atoms with Crippen LogP contribution in [0.3, 0.4) is 0 Å². The maximum Gasteiger partial charge on any atom is 0.171 e. The molecule has 0 saturated carbocycles. The predicted molar refractivity (Wildman–Crippen MR) is 148 cm³/mol. The predicted octanol–water partition coefficient (Wildman–Crippen LogP) is 10.5. The average molecular weight is 459 g/mol. The van der Waals surface area contributed by atoms with Crippen molar-refractivity contribution < 1.29 is 4.57 Å². The highest BCUT2D eigenvalue weighted by Gasteiger charge is 2.03. The fourth-order valence-corrected chi connectivity index (χ4v) is 4.99. The zero-order valence-electron chi connectivity index (χ0n) is 22.9. The van der Waals surface area contributed by atoms with Crippen LogP contribution in [0, 0.1) is 0 Å². The second kappa shape index (κ2) is 24.3. The van der Waals surface area contributed by atoms with E-state index in [4.69, 9.17) is 0 Å². The lowest BCUT2D eigenvalue weighted by Gasteiger charge is -2.04. The Morgan fingerprint density at radius 3 is 1.33 bits per heavy atom. The molecule has 0 aliphatic carbocycles. The summed E-state index contributed by atoms with van der Waals surface area (Å²) < 4.78 is 2.42. The van der Waals surface area contributed by atoms with Gasteiger partial charge in [-0.3, -0.25) is 0 Å². The second-order valence-corrected chi connectivity index (χ2v) is 10.6. The molecule has 0 N–H and O–H groups in total. The molecule has 0 radical (unpaired) electrons. The fourth-order valence-electron chi connectivity index (χ4n) is 4.99. The summed E-state index contributed by atoms with van der Waals surface area (Å²) in [4.78, 5) is 0. The minimum atomic E-state index is 1.20. The Morgan fingerprint density at radius 2 is 0.879 bits per heavy atom. The van der Waals surface area contributed by atoms with Crippen LogP contribution >= 0.6 is 0 Å². The van der Waals surface area contributed by atoms with Gasteiger partial charge in [0, 0.05) is 18.1 Å².